The van der Waals surface area contributed by atoms with Gasteiger partial charge in [0.05, 0.1) is 26.3 Å². The standard InChI is InChI=1S/C30H37N3O5SSi/c1-30(2,3)40(7,8)38-16-15-37-24-14-13-22(31-27(24)19-9-11-21(39-6)12-10-19)28-32-23-17-20(35-4)18-25(36-5)26(23)29(34)33-28/h9-14,17-18H,15-16H2,1-8H3,(H,32,33,34). The molecule has 0 fully saturated rings. The number of pyridine rings is 1. The van der Waals surface area contributed by atoms with Crippen molar-refractivity contribution in [3.05, 3.63) is 58.9 Å². The molecule has 4 rings (SSSR count). The summed E-state index contributed by atoms with van der Waals surface area (Å²) in [7, 11) is 1.18. The third-order valence-electron chi connectivity index (χ3n) is 7.28. The van der Waals surface area contributed by atoms with E-state index >= 15 is 0 Å². The number of hydrogen-bond donors (Lipinski definition) is 1. The minimum absolute atomic E-state index is 0.123. The average molecular weight is 580 g/mol. The van der Waals surface area contributed by atoms with Gasteiger partial charge in [-0.15, -0.1) is 11.8 Å². The molecule has 2 aromatic heterocycles. The zero-order chi connectivity index (χ0) is 29.1. The first-order valence-electron chi connectivity index (χ1n) is 13.1. The molecule has 4 aromatic rings. The van der Waals surface area contributed by atoms with Gasteiger partial charge in [0.2, 0.25) is 0 Å². The van der Waals surface area contributed by atoms with Crippen LogP contribution in [0.25, 0.3) is 33.7 Å². The predicted molar refractivity (Wildman–Crippen MR) is 165 cm³/mol. The molecule has 0 spiro atoms. The van der Waals surface area contributed by atoms with Crippen molar-refractivity contribution in [2.24, 2.45) is 0 Å². The smallest absolute Gasteiger partial charge is 0.262 e. The Labute approximate surface area is 240 Å². The predicted octanol–water partition coefficient (Wildman–Crippen LogP) is 6.79. The number of aromatic nitrogens is 3. The number of nitrogens with zero attached hydrogens (tertiary/aromatic N) is 2. The maximum absolute atomic E-state index is 13.1. The van der Waals surface area contributed by atoms with E-state index in [1.54, 1.807) is 37.1 Å². The second-order valence-corrected chi connectivity index (χ2v) is 16.6. The van der Waals surface area contributed by atoms with Gasteiger partial charge >= 0.3 is 0 Å². The average Bonchev–Trinajstić information content (AvgIpc) is 2.94. The fourth-order valence-electron chi connectivity index (χ4n) is 3.93. The van der Waals surface area contributed by atoms with Crippen molar-refractivity contribution in [3.63, 3.8) is 0 Å². The Morgan fingerprint density at radius 2 is 1.65 bits per heavy atom. The SMILES string of the molecule is COc1cc(OC)c2c(=O)[nH]c(-c3ccc(OCCO[Si](C)(C)C(C)(C)C)c(-c4ccc(SC)cc4)n3)nc2c1. The highest BCUT2D eigenvalue weighted by molar-refractivity contribution is 7.98. The first-order chi connectivity index (χ1) is 19.0. The number of thioether (sulfide) groups is 1. The number of benzene rings is 2. The first kappa shape index (κ1) is 29.6. The molecule has 40 heavy (non-hydrogen) atoms. The van der Waals surface area contributed by atoms with E-state index in [4.69, 9.17) is 28.6 Å². The Hall–Kier alpha value is -3.34. The summed E-state index contributed by atoms with van der Waals surface area (Å²) in [4.78, 5) is 26.7. The molecule has 2 aromatic carbocycles. The van der Waals surface area contributed by atoms with Crippen molar-refractivity contribution in [2.45, 2.75) is 43.8 Å². The zero-order valence-electron chi connectivity index (χ0n) is 24.4. The summed E-state index contributed by atoms with van der Waals surface area (Å²) in [5.41, 5.74) is 2.19. The van der Waals surface area contributed by atoms with Crippen molar-refractivity contribution < 1.29 is 18.6 Å². The lowest BCUT2D eigenvalue weighted by atomic mass is 10.1. The number of fused-ring (bicyclic) bond motifs is 1. The molecule has 0 aliphatic rings. The van der Waals surface area contributed by atoms with Crippen LogP contribution in [0.2, 0.25) is 18.1 Å². The van der Waals surface area contributed by atoms with Crippen molar-refractivity contribution in [3.8, 4) is 40.0 Å². The molecule has 8 nitrogen and oxygen atoms in total. The zero-order valence-corrected chi connectivity index (χ0v) is 26.2. The molecule has 0 aliphatic heterocycles. The molecule has 2 heterocycles. The Balaban J connectivity index is 1.72. The normalized spacial score (nSPS) is 12.0. The highest BCUT2D eigenvalue weighted by atomic mass is 32.2. The molecule has 1 N–H and O–H groups in total. The summed E-state index contributed by atoms with van der Waals surface area (Å²) in [6.45, 7) is 12.0. The summed E-state index contributed by atoms with van der Waals surface area (Å²) >= 11 is 1.67. The van der Waals surface area contributed by atoms with E-state index in [1.165, 1.54) is 7.11 Å². The molecule has 0 aliphatic carbocycles. The van der Waals surface area contributed by atoms with Crippen LogP contribution in [-0.2, 0) is 4.43 Å². The molecule has 10 heteroatoms. The Kier molecular flexibility index (Phi) is 8.92. The van der Waals surface area contributed by atoms with Crippen LogP contribution in [0.3, 0.4) is 0 Å². The van der Waals surface area contributed by atoms with Crippen LogP contribution in [0.5, 0.6) is 17.2 Å². The van der Waals surface area contributed by atoms with Gasteiger partial charge < -0.3 is 23.6 Å². The highest BCUT2D eigenvalue weighted by Crippen LogP contribution is 2.37. The Morgan fingerprint density at radius 1 is 0.925 bits per heavy atom. The maximum atomic E-state index is 13.1. The van der Waals surface area contributed by atoms with E-state index < -0.39 is 8.32 Å². The summed E-state index contributed by atoms with van der Waals surface area (Å²) < 4.78 is 23.3. The minimum atomic E-state index is -1.88. The number of nitrogens with one attached hydrogen (secondary N) is 1. The van der Waals surface area contributed by atoms with Gasteiger partial charge in [0.15, 0.2) is 14.1 Å². The number of ether oxygens (including phenoxy) is 3. The number of rotatable bonds is 10. The largest absolute Gasteiger partial charge is 0.497 e. The molecular formula is C30H37N3O5SSi. The van der Waals surface area contributed by atoms with Gasteiger partial charge in [-0.2, -0.15) is 0 Å². The molecule has 0 saturated heterocycles. The van der Waals surface area contributed by atoms with Crippen molar-refractivity contribution in [2.75, 3.05) is 33.7 Å². The maximum Gasteiger partial charge on any atom is 0.262 e. The summed E-state index contributed by atoms with van der Waals surface area (Å²) in [5.74, 6) is 1.90. The summed E-state index contributed by atoms with van der Waals surface area (Å²) in [6.07, 6.45) is 2.04. The van der Waals surface area contributed by atoms with Gasteiger partial charge in [0.25, 0.3) is 5.56 Å². The van der Waals surface area contributed by atoms with E-state index in [1.807, 2.05) is 36.6 Å². The van der Waals surface area contributed by atoms with E-state index in [0.29, 0.717) is 58.6 Å². The number of methoxy groups -OCH3 is 2. The fraction of sp³-hybridized carbons (Fsp3) is 0.367. The molecule has 0 saturated carbocycles. The molecule has 0 unspecified atom stereocenters. The van der Waals surface area contributed by atoms with Crippen LogP contribution < -0.4 is 19.8 Å². The van der Waals surface area contributed by atoms with Gasteiger partial charge in [-0.25, -0.2) is 9.97 Å². The van der Waals surface area contributed by atoms with Crippen LogP contribution in [0.15, 0.2) is 58.2 Å². The second-order valence-electron chi connectivity index (χ2n) is 10.9. The van der Waals surface area contributed by atoms with Crippen molar-refractivity contribution in [1.29, 1.82) is 0 Å². The van der Waals surface area contributed by atoms with Crippen LogP contribution >= 0.6 is 11.8 Å². The van der Waals surface area contributed by atoms with Gasteiger partial charge in [0.1, 0.15) is 40.6 Å². The highest BCUT2D eigenvalue weighted by Gasteiger charge is 2.37. The van der Waals surface area contributed by atoms with Crippen LogP contribution in [0.1, 0.15) is 20.8 Å². The van der Waals surface area contributed by atoms with Crippen molar-refractivity contribution >= 4 is 31.0 Å². The van der Waals surface area contributed by atoms with E-state index in [-0.39, 0.29) is 10.6 Å². The lowest BCUT2D eigenvalue weighted by molar-refractivity contribution is 0.203. The fourth-order valence-corrected chi connectivity index (χ4v) is 5.36. The second kappa shape index (κ2) is 12.0. The van der Waals surface area contributed by atoms with E-state index in [2.05, 4.69) is 38.8 Å². The minimum Gasteiger partial charge on any atom is -0.497 e. The molecule has 0 atom stereocenters. The molecule has 0 bridgehead atoms. The van der Waals surface area contributed by atoms with Crippen LogP contribution in [0.4, 0.5) is 0 Å². The van der Waals surface area contributed by atoms with E-state index in [9.17, 15) is 4.79 Å². The first-order valence-corrected chi connectivity index (χ1v) is 17.2. The Bertz CT molecular complexity index is 1550. The van der Waals surface area contributed by atoms with Crippen molar-refractivity contribution in [1.82, 2.24) is 15.0 Å². The van der Waals surface area contributed by atoms with E-state index in [0.717, 1.165) is 10.5 Å². The molecular weight excluding hydrogens is 542 g/mol. The quantitative estimate of drug-likeness (QED) is 0.125. The lowest BCUT2D eigenvalue weighted by Gasteiger charge is -2.36. The van der Waals surface area contributed by atoms with Gasteiger partial charge in [0, 0.05) is 22.6 Å². The number of H-pyrrole nitrogens is 1. The van der Waals surface area contributed by atoms with Crippen LogP contribution in [-0.4, -0.2) is 57.0 Å². The van der Waals surface area contributed by atoms with Gasteiger partial charge in [-0.3, -0.25) is 4.79 Å². The summed E-state index contributed by atoms with van der Waals surface area (Å²) in [6, 6.07) is 15.2. The molecule has 212 valence electrons. The molecule has 0 amide bonds. The third kappa shape index (κ3) is 6.35. The lowest BCUT2D eigenvalue weighted by Crippen LogP contribution is -2.41. The van der Waals surface area contributed by atoms with Gasteiger partial charge in [-0.05, 0) is 48.7 Å². The van der Waals surface area contributed by atoms with Gasteiger partial charge in [-0.1, -0.05) is 32.9 Å². The van der Waals surface area contributed by atoms with Crippen LogP contribution in [0, 0.1) is 0 Å². The summed E-state index contributed by atoms with van der Waals surface area (Å²) in [5, 5.41) is 0.472. The Morgan fingerprint density at radius 3 is 2.27 bits per heavy atom. The monoisotopic (exact) mass is 579 g/mol. The molecule has 0 radical (unpaired) electrons. The number of aromatic amines is 1. The topological polar surface area (TPSA) is 95.6 Å². The number of hydrogen-bond acceptors (Lipinski definition) is 8. The third-order valence-corrected chi connectivity index (χ3v) is 12.6.